The predicted molar refractivity (Wildman–Crippen MR) is 63.1 cm³/mol. The van der Waals surface area contributed by atoms with Crippen molar-refractivity contribution in [2.24, 2.45) is 0 Å². The lowest BCUT2D eigenvalue weighted by atomic mass is 9.81. The molecule has 82 valence electrons. The van der Waals surface area contributed by atoms with Gasteiger partial charge in [0.2, 0.25) is 0 Å². The number of hydrogen-bond acceptors (Lipinski definition) is 1. The average molecular weight is 204 g/mol. The maximum absolute atomic E-state index is 9.49. The third-order valence-electron chi connectivity index (χ3n) is 3.56. The van der Waals surface area contributed by atoms with E-state index < -0.39 is 0 Å². The van der Waals surface area contributed by atoms with Crippen LogP contribution in [0.15, 0.2) is 18.2 Å². The largest absolute Gasteiger partial charge is 0.393 e. The van der Waals surface area contributed by atoms with Crippen LogP contribution in [0.25, 0.3) is 0 Å². The van der Waals surface area contributed by atoms with Crippen LogP contribution in [-0.4, -0.2) is 11.2 Å². The molecule has 2 rings (SSSR count). The lowest BCUT2D eigenvalue weighted by Gasteiger charge is -2.27. The second-order valence-corrected chi connectivity index (χ2v) is 4.87. The number of rotatable bonds is 1. The van der Waals surface area contributed by atoms with Crippen molar-refractivity contribution in [1.82, 2.24) is 0 Å². The molecule has 0 aromatic heterocycles. The highest BCUT2D eigenvalue weighted by Gasteiger charge is 2.21. The van der Waals surface area contributed by atoms with Gasteiger partial charge in [-0.1, -0.05) is 23.8 Å². The first-order chi connectivity index (χ1) is 7.16. The van der Waals surface area contributed by atoms with Crippen LogP contribution >= 0.6 is 0 Å². The van der Waals surface area contributed by atoms with Crippen molar-refractivity contribution < 1.29 is 5.11 Å². The molecule has 0 unspecified atom stereocenters. The Morgan fingerprint density at radius 2 is 1.73 bits per heavy atom. The molecular formula is C14H20O. The van der Waals surface area contributed by atoms with Gasteiger partial charge in [-0.05, 0) is 56.6 Å². The topological polar surface area (TPSA) is 20.2 Å². The highest BCUT2D eigenvalue weighted by molar-refractivity contribution is 5.33. The van der Waals surface area contributed by atoms with E-state index in [1.165, 1.54) is 16.7 Å². The molecule has 1 saturated carbocycles. The summed E-state index contributed by atoms with van der Waals surface area (Å²) < 4.78 is 0. The Hall–Kier alpha value is -0.820. The minimum Gasteiger partial charge on any atom is -0.393 e. The van der Waals surface area contributed by atoms with Crippen molar-refractivity contribution in [2.45, 2.75) is 51.6 Å². The van der Waals surface area contributed by atoms with E-state index in [0.29, 0.717) is 5.92 Å². The number of aliphatic hydroxyl groups is 1. The average Bonchev–Trinajstić information content (AvgIpc) is 2.20. The number of hydrogen-bond donors (Lipinski definition) is 1. The van der Waals surface area contributed by atoms with Gasteiger partial charge in [-0.3, -0.25) is 0 Å². The van der Waals surface area contributed by atoms with Crippen molar-refractivity contribution >= 4 is 0 Å². The van der Waals surface area contributed by atoms with Gasteiger partial charge in [0.05, 0.1) is 6.10 Å². The number of aliphatic hydroxyl groups excluding tert-OH is 1. The molecule has 0 bridgehead atoms. The molecule has 0 atom stereocenters. The zero-order valence-corrected chi connectivity index (χ0v) is 9.66. The summed E-state index contributed by atoms with van der Waals surface area (Å²) in [5.41, 5.74) is 4.25. The van der Waals surface area contributed by atoms with E-state index in [2.05, 4.69) is 32.0 Å². The van der Waals surface area contributed by atoms with Crippen LogP contribution in [0.1, 0.15) is 48.3 Å². The molecule has 1 aliphatic carbocycles. The number of benzene rings is 1. The molecule has 0 saturated heterocycles. The fourth-order valence-electron chi connectivity index (χ4n) is 2.67. The van der Waals surface area contributed by atoms with Crippen LogP contribution < -0.4 is 0 Å². The zero-order valence-electron chi connectivity index (χ0n) is 9.66. The Balaban J connectivity index is 2.15. The smallest absolute Gasteiger partial charge is 0.0540 e. The Bertz CT molecular complexity index is 335. The van der Waals surface area contributed by atoms with E-state index >= 15 is 0 Å². The molecule has 1 fully saturated rings. The lowest BCUT2D eigenvalue weighted by molar-refractivity contribution is 0.122. The third kappa shape index (κ3) is 2.40. The predicted octanol–water partition coefficient (Wildman–Crippen LogP) is 3.32. The third-order valence-corrected chi connectivity index (χ3v) is 3.56. The molecule has 0 amide bonds. The first-order valence-corrected chi connectivity index (χ1v) is 5.92. The monoisotopic (exact) mass is 204 g/mol. The second kappa shape index (κ2) is 4.36. The molecule has 15 heavy (non-hydrogen) atoms. The normalized spacial score (nSPS) is 26.6. The summed E-state index contributed by atoms with van der Waals surface area (Å²) in [6, 6.07) is 6.74. The summed E-state index contributed by atoms with van der Waals surface area (Å²) in [6.45, 7) is 4.34. The van der Waals surface area contributed by atoms with Crippen LogP contribution in [0.2, 0.25) is 0 Å². The van der Waals surface area contributed by atoms with Gasteiger partial charge >= 0.3 is 0 Å². The SMILES string of the molecule is Cc1ccc(C2CCC(O)CC2)c(C)c1. The van der Waals surface area contributed by atoms with Gasteiger partial charge in [0.25, 0.3) is 0 Å². The fraction of sp³-hybridized carbons (Fsp3) is 0.571. The standard InChI is InChI=1S/C14H20O/c1-10-3-8-14(11(2)9-10)12-4-6-13(15)7-5-12/h3,8-9,12-13,15H,4-7H2,1-2H3. The first kappa shape index (κ1) is 10.7. The van der Waals surface area contributed by atoms with E-state index in [-0.39, 0.29) is 6.10 Å². The summed E-state index contributed by atoms with van der Waals surface area (Å²) in [7, 11) is 0. The zero-order chi connectivity index (χ0) is 10.8. The summed E-state index contributed by atoms with van der Waals surface area (Å²) in [5.74, 6) is 0.675. The van der Waals surface area contributed by atoms with E-state index in [9.17, 15) is 5.11 Å². The molecule has 1 aromatic carbocycles. The Morgan fingerprint density at radius 1 is 1.07 bits per heavy atom. The Labute approximate surface area is 92.1 Å². The lowest BCUT2D eigenvalue weighted by Crippen LogP contribution is -2.17. The molecule has 0 spiro atoms. The molecule has 0 heterocycles. The molecule has 1 N–H and O–H groups in total. The van der Waals surface area contributed by atoms with Crippen LogP contribution in [-0.2, 0) is 0 Å². The van der Waals surface area contributed by atoms with E-state index in [1.54, 1.807) is 0 Å². The molecule has 1 aliphatic rings. The molecule has 1 heteroatoms. The molecular weight excluding hydrogens is 184 g/mol. The van der Waals surface area contributed by atoms with E-state index in [0.717, 1.165) is 25.7 Å². The van der Waals surface area contributed by atoms with Crippen molar-refractivity contribution in [1.29, 1.82) is 0 Å². The van der Waals surface area contributed by atoms with Gasteiger partial charge in [-0.15, -0.1) is 0 Å². The summed E-state index contributed by atoms with van der Waals surface area (Å²) in [5, 5.41) is 9.49. The maximum Gasteiger partial charge on any atom is 0.0540 e. The molecule has 1 nitrogen and oxygen atoms in total. The van der Waals surface area contributed by atoms with Gasteiger partial charge in [0, 0.05) is 0 Å². The van der Waals surface area contributed by atoms with Gasteiger partial charge in [-0.25, -0.2) is 0 Å². The minimum atomic E-state index is -0.0491. The summed E-state index contributed by atoms with van der Waals surface area (Å²) in [6.07, 6.45) is 4.18. The molecule has 1 aromatic rings. The van der Waals surface area contributed by atoms with E-state index in [1.807, 2.05) is 0 Å². The van der Waals surface area contributed by atoms with Gasteiger partial charge < -0.3 is 5.11 Å². The van der Waals surface area contributed by atoms with Gasteiger partial charge in [0.15, 0.2) is 0 Å². The van der Waals surface area contributed by atoms with Crippen LogP contribution in [0, 0.1) is 13.8 Å². The van der Waals surface area contributed by atoms with Gasteiger partial charge in [-0.2, -0.15) is 0 Å². The highest BCUT2D eigenvalue weighted by Crippen LogP contribution is 2.34. The van der Waals surface area contributed by atoms with Crippen molar-refractivity contribution in [2.75, 3.05) is 0 Å². The van der Waals surface area contributed by atoms with Crippen molar-refractivity contribution in [3.63, 3.8) is 0 Å². The van der Waals surface area contributed by atoms with Crippen LogP contribution in [0.5, 0.6) is 0 Å². The number of aryl methyl sites for hydroxylation is 2. The summed E-state index contributed by atoms with van der Waals surface area (Å²) in [4.78, 5) is 0. The fourth-order valence-corrected chi connectivity index (χ4v) is 2.67. The minimum absolute atomic E-state index is 0.0491. The van der Waals surface area contributed by atoms with Crippen LogP contribution in [0.3, 0.4) is 0 Å². The molecule has 0 aliphatic heterocycles. The maximum atomic E-state index is 9.49. The van der Waals surface area contributed by atoms with Crippen LogP contribution in [0.4, 0.5) is 0 Å². The second-order valence-electron chi connectivity index (χ2n) is 4.87. The molecule has 0 radical (unpaired) electrons. The van der Waals surface area contributed by atoms with Crippen molar-refractivity contribution in [3.05, 3.63) is 34.9 Å². The summed E-state index contributed by atoms with van der Waals surface area (Å²) >= 11 is 0. The van der Waals surface area contributed by atoms with Gasteiger partial charge in [0.1, 0.15) is 0 Å². The quantitative estimate of drug-likeness (QED) is 0.744. The van der Waals surface area contributed by atoms with Crippen molar-refractivity contribution in [3.8, 4) is 0 Å². The highest BCUT2D eigenvalue weighted by atomic mass is 16.3. The van der Waals surface area contributed by atoms with E-state index in [4.69, 9.17) is 0 Å². The Kier molecular flexibility index (Phi) is 3.11. The Morgan fingerprint density at radius 3 is 2.33 bits per heavy atom. The first-order valence-electron chi connectivity index (χ1n) is 5.92.